The van der Waals surface area contributed by atoms with Crippen LogP contribution >= 0.6 is 11.9 Å². The van der Waals surface area contributed by atoms with Crippen LogP contribution in [0.5, 0.6) is 0 Å². The summed E-state index contributed by atoms with van der Waals surface area (Å²) in [5, 5.41) is 9.93. The van der Waals surface area contributed by atoms with Crippen LogP contribution < -0.4 is 0 Å². The van der Waals surface area contributed by atoms with Crippen molar-refractivity contribution in [2.24, 2.45) is 0 Å². The van der Waals surface area contributed by atoms with E-state index in [-0.39, 0.29) is 17.9 Å². The Balaban J connectivity index is 1.65. The summed E-state index contributed by atoms with van der Waals surface area (Å²) >= 11 is 1.25. The molecule has 4 rings (SSSR count). The van der Waals surface area contributed by atoms with Crippen molar-refractivity contribution < 1.29 is 31.9 Å². The van der Waals surface area contributed by atoms with Crippen molar-refractivity contribution in [2.45, 2.75) is 31.0 Å². The summed E-state index contributed by atoms with van der Waals surface area (Å²) in [6.07, 6.45) is -4.10. The number of rotatable bonds is 8. The van der Waals surface area contributed by atoms with E-state index in [0.29, 0.717) is 40.5 Å². The van der Waals surface area contributed by atoms with Gasteiger partial charge in [-0.2, -0.15) is 13.2 Å². The molecule has 1 heterocycles. The third-order valence-electron chi connectivity index (χ3n) is 5.55. The third-order valence-corrected chi connectivity index (χ3v) is 6.59. The number of hydrogen-bond acceptors (Lipinski definition) is 4. The Kier molecular flexibility index (Phi) is 7.18. The van der Waals surface area contributed by atoms with Crippen LogP contribution in [0.1, 0.15) is 32.8 Å². The second-order valence-corrected chi connectivity index (χ2v) is 9.18. The number of carboxylic acid groups (broad SMARTS) is 1. The van der Waals surface area contributed by atoms with E-state index in [1.54, 1.807) is 29.4 Å². The summed E-state index contributed by atoms with van der Waals surface area (Å²) < 4.78 is 61.6. The molecular formula is C26H21F4NO3S. The first-order valence-electron chi connectivity index (χ1n) is 10.7. The summed E-state index contributed by atoms with van der Waals surface area (Å²) in [4.78, 5) is 12.1. The van der Waals surface area contributed by atoms with Crippen molar-refractivity contribution in [3.05, 3.63) is 101 Å². The first-order chi connectivity index (χ1) is 16.6. The Morgan fingerprint density at radius 2 is 1.80 bits per heavy atom. The zero-order valence-corrected chi connectivity index (χ0v) is 19.4. The zero-order valence-electron chi connectivity index (χ0n) is 18.6. The fraction of sp³-hybridized carbons (Fsp3) is 0.192. The molecule has 3 aromatic carbocycles. The lowest BCUT2D eigenvalue weighted by Crippen LogP contribution is -2.21. The number of halogens is 4. The van der Waals surface area contributed by atoms with E-state index >= 15 is 0 Å². The number of nitrogens with zero attached hydrogens (tertiary/aromatic N) is 1. The number of carboxylic acids is 1. The highest BCUT2D eigenvalue weighted by Crippen LogP contribution is 2.36. The molecule has 9 heteroatoms. The molecule has 0 saturated heterocycles. The molecule has 0 aliphatic heterocycles. The average molecular weight is 504 g/mol. The van der Waals surface area contributed by atoms with E-state index in [9.17, 15) is 27.5 Å². The van der Waals surface area contributed by atoms with Gasteiger partial charge >= 0.3 is 12.1 Å². The topological polar surface area (TPSA) is 53.7 Å². The average Bonchev–Trinajstić information content (AvgIpc) is 3.15. The standard InChI is InChI=1S/C26H21F4NO3S/c1-16-21-14-20(9-10-23(21)34-24(16)25(32)33)35-31(12-11-17-5-3-2-4-6-17)15-18-7-8-19(27)13-22(18)26(28,29)30/h2-10,13-14H,11-12,15H2,1H3,(H,32,33). The molecule has 1 N–H and O–H groups in total. The van der Waals surface area contributed by atoms with Gasteiger partial charge in [0.1, 0.15) is 11.4 Å². The maximum absolute atomic E-state index is 13.6. The predicted molar refractivity (Wildman–Crippen MR) is 126 cm³/mol. The van der Waals surface area contributed by atoms with Gasteiger partial charge in [-0.05, 0) is 66.8 Å². The highest BCUT2D eigenvalue weighted by atomic mass is 32.2. The molecule has 35 heavy (non-hydrogen) atoms. The summed E-state index contributed by atoms with van der Waals surface area (Å²) in [6.45, 7) is 1.99. The highest BCUT2D eigenvalue weighted by molar-refractivity contribution is 7.97. The zero-order chi connectivity index (χ0) is 25.2. The number of aryl methyl sites for hydroxylation is 1. The van der Waals surface area contributed by atoms with Crippen LogP contribution in [0.15, 0.2) is 76.0 Å². The number of aromatic carboxylic acids is 1. The summed E-state index contributed by atoms with van der Waals surface area (Å²) in [5.41, 5.74) is 0.880. The molecule has 182 valence electrons. The smallest absolute Gasteiger partial charge is 0.416 e. The summed E-state index contributed by atoms with van der Waals surface area (Å²) in [5.74, 6) is -2.27. The molecule has 0 aliphatic rings. The van der Waals surface area contributed by atoms with Crippen molar-refractivity contribution >= 4 is 28.9 Å². The third kappa shape index (κ3) is 5.86. The van der Waals surface area contributed by atoms with Crippen LogP contribution in [0.3, 0.4) is 0 Å². The summed E-state index contributed by atoms with van der Waals surface area (Å²) in [7, 11) is 0. The van der Waals surface area contributed by atoms with Crippen molar-refractivity contribution in [3.63, 3.8) is 0 Å². The van der Waals surface area contributed by atoms with Gasteiger partial charge in [0.25, 0.3) is 0 Å². The number of hydrogen-bond donors (Lipinski definition) is 1. The van der Waals surface area contributed by atoms with Crippen LogP contribution in [0.2, 0.25) is 0 Å². The molecule has 0 radical (unpaired) electrons. The molecular weight excluding hydrogens is 482 g/mol. The van der Waals surface area contributed by atoms with E-state index in [1.165, 1.54) is 11.9 Å². The van der Waals surface area contributed by atoms with Gasteiger partial charge in [0, 0.05) is 28.9 Å². The minimum atomic E-state index is -4.69. The maximum Gasteiger partial charge on any atom is 0.416 e. The molecule has 0 bridgehead atoms. The number of fused-ring (bicyclic) bond motifs is 1. The molecule has 4 aromatic rings. The normalized spacial score (nSPS) is 11.9. The van der Waals surface area contributed by atoms with Gasteiger partial charge in [-0.25, -0.2) is 13.5 Å². The molecule has 0 unspecified atom stereocenters. The molecule has 0 fully saturated rings. The van der Waals surface area contributed by atoms with Gasteiger partial charge in [0.15, 0.2) is 0 Å². The second kappa shape index (κ2) is 10.1. The van der Waals surface area contributed by atoms with Gasteiger partial charge in [0.2, 0.25) is 5.76 Å². The van der Waals surface area contributed by atoms with Crippen molar-refractivity contribution in [3.8, 4) is 0 Å². The van der Waals surface area contributed by atoms with Gasteiger partial charge in [-0.1, -0.05) is 36.4 Å². The van der Waals surface area contributed by atoms with Gasteiger partial charge < -0.3 is 9.52 Å². The van der Waals surface area contributed by atoms with E-state index in [2.05, 4.69) is 0 Å². The molecule has 4 nitrogen and oxygen atoms in total. The molecule has 0 spiro atoms. The van der Waals surface area contributed by atoms with E-state index < -0.39 is 23.5 Å². The van der Waals surface area contributed by atoms with Crippen molar-refractivity contribution in [1.82, 2.24) is 4.31 Å². The van der Waals surface area contributed by atoms with Crippen LogP contribution in [0.4, 0.5) is 17.6 Å². The van der Waals surface area contributed by atoms with Gasteiger partial charge in [-0.3, -0.25) is 0 Å². The Labute approximate surface area is 203 Å². The first kappa shape index (κ1) is 24.8. The fourth-order valence-corrected chi connectivity index (χ4v) is 4.79. The predicted octanol–water partition coefficient (Wildman–Crippen LogP) is 7.35. The number of furan rings is 1. The first-order valence-corrected chi connectivity index (χ1v) is 11.5. The Morgan fingerprint density at radius 1 is 1.06 bits per heavy atom. The van der Waals surface area contributed by atoms with Crippen molar-refractivity contribution in [1.29, 1.82) is 0 Å². The molecule has 0 amide bonds. The minimum absolute atomic E-state index is 0.0341. The quantitative estimate of drug-likeness (QED) is 0.201. The second-order valence-electron chi connectivity index (χ2n) is 8.01. The minimum Gasteiger partial charge on any atom is -0.475 e. The lowest BCUT2D eigenvalue weighted by atomic mass is 10.1. The van der Waals surface area contributed by atoms with Crippen LogP contribution in [0.25, 0.3) is 11.0 Å². The molecule has 0 saturated carbocycles. The molecule has 0 atom stereocenters. The van der Waals surface area contributed by atoms with Gasteiger partial charge in [0.05, 0.1) is 5.56 Å². The number of benzene rings is 3. The largest absolute Gasteiger partial charge is 0.475 e. The SMILES string of the molecule is Cc1c(C(=O)O)oc2ccc(SN(CCc3ccccc3)Cc3ccc(F)cc3C(F)(F)F)cc12. The maximum atomic E-state index is 13.6. The van der Waals surface area contributed by atoms with Crippen molar-refractivity contribution in [2.75, 3.05) is 6.54 Å². The Morgan fingerprint density at radius 3 is 2.49 bits per heavy atom. The summed E-state index contributed by atoms with van der Waals surface area (Å²) in [6, 6.07) is 17.4. The Bertz CT molecular complexity index is 1350. The van der Waals surface area contributed by atoms with Gasteiger partial charge in [-0.15, -0.1) is 0 Å². The fourth-order valence-electron chi connectivity index (χ4n) is 3.81. The number of carbonyl (C=O) groups is 1. The van der Waals surface area contributed by atoms with Crippen LogP contribution in [0, 0.1) is 12.7 Å². The number of alkyl halides is 3. The van der Waals surface area contributed by atoms with E-state index in [1.807, 2.05) is 30.3 Å². The van der Waals surface area contributed by atoms with Crippen LogP contribution in [-0.4, -0.2) is 21.9 Å². The lowest BCUT2D eigenvalue weighted by molar-refractivity contribution is -0.138. The highest BCUT2D eigenvalue weighted by Gasteiger charge is 2.34. The Hall–Kier alpha value is -3.30. The lowest BCUT2D eigenvalue weighted by Gasteiger charge is -2.23. The van der Waals surface area contributed by atoms with E-state index in [0.717, 1.165) is 17.7 Å². The van der Waals surface area contributed by atoms with E-state index in [4.69, 9.17) is 4.42 Å². The van der Waals surface area contributed by atoms with Crippen LogP contribution in [-0.2, 0) is 19.1 Å². The molecule has 1 aromatic heterocycles. The monoisotopic (exact) mass is 503 g/mol. The molecule has 0 aliphatic carbocycles.